The average Bonchev–Trinajstić information content (AvgIpc) is 2.23. The number of non-ortho nitro benzene ring substituents is 1. The lowest BCUT2D eigenvalue weighted by atomic mass is 10.1. The topological polar surface area (TPSA) is 105 Å². The minimum absolute atomic E-state index is 0.00565. The van der Waals surface area contributed by atoms with E-state index in [-0.39, 0.29) is 23.0 Å². The summed E-state index contributed by atoms with van der Waals surface area (Å²) in [5.74, 6) is -0.667. The van der Waals surface area contributed by atoms with Crippen LogP contribution in [0.3, 0.4) is 0 Å². The predicted octanol–water partition coefficient (Wildman–Crippen LogP) is 0.733. The predicted molar refractivity (Wildman–Crippen MR) is 57.5 cm³/mol. The maximum Gasteiger partial charge on any atom is 0.340 e. The van der Waals surface area contributed by atoms with Crippen LogP contribution in [0.4, 0.5) is 11.4 Å². The van der Waals surface area contributed by atoms with Crippen molar-refractivity contribution >= 4 is 17.3 Å². The molecule has 1 aliphatic rings. The van der Waals surface area contributed by atoms with E-state index in [2.05, 4.69) is 0 Å². The van der Waals surface area contributed by atoms with E-state index >= 15 is 0 Å². The van der Waals surface area contributed by atoms with Gasteiger partial charge in [0.2, 0.25) is 0 Å². The van der Waals surface area contributed by atoms with Crippen LogP contribution < -0.4 is 5.73 Å². The van der Waals surface area contributed by atoms with E-state index in [4.69, 9.17) is 15.2 Å². The highest BCUT2D eigenvalue weighted by Gasteiger charge is 2.25. The Labute approximate surface area is 96.3 Å². The Morgan fingerprint density at radius 2 is 2.24 bits per heavy atom. The van der Waals surface area contributed by atoms with E-state index in [1.807, 2.05) is 0 Å². The van der Waals surface area contributed by atoms with Crippen molar-refractivity contribution in [2.75, 3.05) is 18.9 Å². The Morgan fingerprint density at radius 1 is 1.53 bits per heavy atom. The molecule has 0 atom stereocenters. The van der Waals surface area contributed by atoms with Crippen molar-refractivity contribution in [3.05, 3.63) is 33.9 Å². The third kappa shape index (κ3) is 2.34. The summed E-state index contributed by atoms with van der Waals surface area (Å²) in [4.78, 5) is 21.6. The summed E-state index contributed by atoms with van der Waals surface area (Å²) in [6.45, 7) is 0.696. The molecule has 0 unspecified atom stereocenters. The highest BCUT2D eigenvalue weighted by Crippen LogP contribution is 2.21. The Balaban J connectivity index is 2.20. The van der Waals surface area contributed by atoms with Crippen molar-refractivity contribution in [3.8, 4) is 0 Å². The van der Waals surface area contributed by atoms with Gasteiger partial charge in [-0.05, 0) is 6.07 Å². The van der Waals surface area contributed by atoms with Crippen LogP contribution in [-0.2, 0) is 9.47 Å². The van der Waals surface area contributed by atoms with Gasteiger partial charge >= 0.3 is 5.97 Å². The van der Waals surface area contributed by atoms with E-state index in [1.165, 1.54) is 12.1 Å². The molecular formula is C10H10N2O5. The normalized spacial score (nSPS) is 15.1. The number of carbonyl (C=O) groups excluding carboxylic acids is 1. The molecule has 1 aromatic rings. The Kier molecular flexibility index (Phi) is 2.92. The minimum atomic E-state index is -0.667. The van der Waals surface area contributed by atoms with Gasteiger partial charge in [-0.15, -0.1) is 0 Å². The van der Waals surface area contributed by atoms with Crippen molar-refractivity contribution in [3.63, 3.8) is 0 Å². The lowest BCUT2D eigenvalue weighted by Gasteiger charge is -2.25. The monoisotopic (exact) mass is 238 g/mol. The van der Waals surface area contributed by atoms with E-state index < -0.39 is 10.9 Å². The van der Waals surface area contributed by atoms with Gasteiger partial charge in [0.05, 0.1) is 23.7 Å². The number of ether oxygens (including phenoxy) is 2. The molecule has 1 fully saturated rings. The minimum Gasteiger partial charge on any atom is -0.454 e. The van der Waals surface area contributed by atoms with Crippen molar-refractivity contribution in [2.45, 2.75) is 6.10 Å². The number of anilines is 1. The lowest BCUT2D eigenvalue weighted by Crippen LogP contribution is -2.37. The molecule has 2 rings (SSSR count). The molecule has 0 bridgehead atoms. The van der Waals surface area contributed by atoms with Crippen molar-refractivity contribution < 1.29 is 19.2 Å². The third-order valence-corrected chi connectivity index (χ3v) is 2.35. The fourth-order valence-corrected chi connectivity index (χ4v) is 1.33. The van der Waals surface area contributed by atoms with Crippen LogP contribution in [-0.4, -0.2) is 30.2 Å². The molecule has 0 aromatic heterocycles. The molecule has 1 heterocycles. The third-order valence-electron chi connectivity index (χ3n) is 2.35. The summed E-state index contributed by atoms with van der Waals surface area (Å²) in [5.41, 5.74) is 5.53. The number of esters is 1. The SMILES string of the molecule is Nc1ccc([N+](=O)[O-])cc1C(=O)OC1COC1. The molecule has 0 spiro atoms. The Hall–Kier alpha value is -2.15. The van der Waals surface area contributed by atoms with E-state index in [1.54, 1.807) is 0 Å². The van der Waals surface area contributed by atoms with Gasteiger partial charge in [0.15, 0.2) is 0 Å². The molecular weight excluding hydrogens is 228 g/mol. The molecule has 7 heteroatoms. The van der Waals surface area contributed by atoms with E-state index in [9.17, 15) is 14.9 Å². The van der Waals surface area contributed by atoms with Crippen molar-refractivity contribution in [1.82, 2.24) is 0 Å². The Bertz CT molecular complexity index is 470. The van der Waals surface area contributed by atoms with Gasteiger partial charge in [0.25, 0.3) is 5.69 Å². The summed E-state index contributed by atoms with van der Waals surface area (Å²) in [6.07, 6.45) is -0.291. The molecule has 1 aromatic carbocycles. The number of carbonyl (C=O) groups is 1. The van der Waals surface area contributed by atoms with Crippen LogP contribution in [0.2, 0.25) is 0 Å². The smallest absolute Gasteiger partial charge is 0.340 e. The number of nitro benzene ring substituents is 1. The second kappa shape index (κ2) is 4.38. The first-order valence-corrected chi connectivity index (χ1v) is 4.90. The summed E-state index contributed by atoms with van der Waals surface area (Å²) < 4.78 is 9.87. The van der Waals surface area contributed by atoms with Gasteiger partial charge in [-0.2, -0.15) is 0 Å². The first kappa shape index (κ1) is 11.3. The van der Waals surface area contributed by atoms with Gasteiger partial charge in [0.1, 0.15) is 6.10 Å². The van der Waals surface area contributed by atoms with Gasteiger partial charge in [-0.25, -0.2) is 4.79 Å². The van der Waals surface area contributed by atoms with Crippen LogP contribution >= 0.6 is 0 Å². The average molecular weight is 238 g/mol. The zero-order valence-electron chi connectivity index (χ0n) is 8.79. The molecule has 2 N–H and O–H groups in total. The maximum absolute atomic E-state index is 11.7. The van der Waals surface area contributed by atoms with Crippen molar-refractivity contribution in [2.24, 2.45) is 0 Å². The molecule has 0 saturated carbocycles. The maximum atomic E-state index is 11.7. The molecule has 0 radical (unpaired) electrons. The van der Waals surface area contributed by atoms with Gasteiger partial charge in [-0.1, -0.05) is 0 Å². The van der Waals surface area contributed by atoms with Crippen LogP contribution in [0, 0.1) is 10.1 Å². The molecule has 0 amide bonds. The number of nitrogens with zero attached hydrogens (tertiary/aromatic N) is 1. The highest BCUT2D eigenvalue weighted by molar-refractivity contribution is 5.96. The molecule has 1 saturated heterocycles. The summed E-state index contributed by atoms with van der Waals surface area (Å²) >= 11 is 0. The summed E-state index contributed by atoms with van der Waals surface area (Å²) in [7, 11) is 0. The van der Waals surface area contributed by atoms with Crippen LogP contribution in [0.5, 0.6) is 0 Å². The summed E-state index contributed by atoms with van der Waals surface area (Å²) in [6, 6.07) is 3.65. The number of nitrogens with two attached hydrogens (primary N) is 1. The van der Waals surface area contributed by atoms with Crippen molar-refractivity contribution in [1.29, 1.82) is 0 Å². The van der Waals surface area contributed by atoms with E-state index in [0.29, 0.717) is 13.2 Å². The largest absolute Gasteiger partial charge is 0.454 e. The number of nitro groups is 1. The first-order chi connectivity index (χ1) is 8.08. The highest BCUT2D eigenvalue weighted by atomic mass is 16.6. The number of rotatable bonds is 3. The summed E-state index contributed by atoms with van der Waals surface area (Å²) in [5, 5.41) is 10.6. The molecule has 1 aliphatic heterocycles. The van der Waals surface area contributed by atoms with Gasteiger partial charge in [0, 0.05) is 17.8 Å². The van der Waals surface area contributed by atoms with Crippen LogP contribution in [0.15, 0.2) is 18.2 Å². The zero-order valence-corrected chi connectivity index (χ0v) is 8.79. The quantitative estimate of drug-likeness (QED) is 0.360. The fourth-order valence-electron chi connectivity index (χ4n) is 1.33. The number of hydrogen-bond acceptors (Lipinski definition) is 6. The molecule has 17 heavy (non-hydrogen) atoms. The number of benzene rings is 1. The Morgan fingerprint density at radius 3 is 2.76 bits per heavy atom. The van der Waals surface area contributed by atoms with Crippen LogP contribution in [0.1, 0.15) is 10.4 Å². The molecule has 90 valence electrons. The fraction of sp³-hybridized carbons (Fsp3) is 0.300. The van der Waals surface area contributed by atoms with Gasteiger partial charge < -0.3 is 15.2 Å². The van der Waals surface area contributed by atoms with Gasteiger partial charge in [-0.3, -0.25) is 10.1 Å². The van der Waals surface area contributed by atoms with Crippen LogP contribution in [0.25, 0.3) is 0 Å². The molecule has 0 aliphatic carbocycles. The van der Waals surface area contributed by atoms with E-state index in [0.717, 1.165) is 6.07 Å². The zero-order chi connectivity index (χ0) is 12.4. The standard InChI is InChI=1S/C10H10N2O5/c11-9-2-1-6(12(14)15)3-8(9)10(13)17-7-4-16-5-7/h1-3,7H,4-5,11H2. The number of hydrogen-bond donors (Lipinski definition) is 1. The number of nitrogen functional groups attached to an aromatic ring is 1. The first-order valence-electron chi connectivity index (χ1n) is 4.90. The lowest BCUT2D eigenvalue weighted by molar-refractivity contribution is -0.384. The second-order valence-corrected chi connectivity index (χ2v) is 3.59. The molecule has 7 nitrogen and oxygen atoms in total. The second-order valence-electron chi connectivity index (χ2n) is 3.59.